The summed E-state index contributed by atoms with van der Waals surface area (Å²) >= 11 is 0. The number of benzene rings is 1. The van der Waals surface area contributed by atoms with E-state index in [0.717, 1.165) is 32.1 Å². The number of hydrogen-bond acceptors (Lipinski definition) is 4. The van der Waals surface area contributed by atoms with Crippen molar-refractivity contribution in [2.24, 2.45) is 5.73 Å². The third-order valence-electron chi connectivity index (χ3n) is 3.88. The molecule has 0 radical (unpaired) electrons. The molecule has 1 aliphatic rings. The van der Waals surface area contributed by atoms with E-state index in [0.29, 0.717) is 17.1 Å². The predicted molar refractivity (Wildman–Crippen MR) is 85.8 cm³/mol. The van der Waals surface area contributed by atoms with Crippen molar-refractivity contribution < 1.29 is 8.42 Å². The van der Waals surface area contributed by atoms with Crippen LogP contribution >= 0.6 is 0 Å². The molecular weight excluding hydrogens is 286 g/mol. The van der Waals surface area contributed by atoms with Crippen LogP contribution < -0.4 is 15.8 Å². The molecule has 1 saturated carbocycles. The van der Waals surface area contributed by atoms with Gasteiger partial charge in [0.25, 0.3) is 0 Å². The quantitative estimate of drug-likeness (QED) is 0.751. The van der Waals surface area contributed by atoms with Crippen LogP contribution in [0.5, 0.6) is 0 Å². The van der Waals surface area contributed by atoms with E-state index in [1.54, 1.807) is 12.1 Å². The molecule has 0 amide bonds. The van der Waals surface area contributed by atoms with Crippen molar-refractivity contribution in [3.05, 3.63) is 24.3 Å². The molecule has 1 aromatic rings. The Labute approximate surface area is 127 Å². The summed E-state index contributed by atoms with van der Waals surface area (Å²) in [7, 11) is -3.47. The second-order valence-electron chi connectivity index (χ2n) is 5.59. The standard InChI is InChI=1S/C15H25N3O2S/c1-2-11-17-21(19,20)15-10-6-5-9-14(15)18-13-8-4-3-7-12(13)16/h5-6,9-10,12-13,17-18H,2-4,7-8,11,16H2,1H3. The van der Waals surface area contributed by atoms with Gasteiger partial charge in [-0.1, -0.05) is 31.9 Å². The lowest BCUT2D eigenvalue weighted by Gasteiger charge is -2.30. The van der Waals surface area contributed by atoms with Gasteiger partial charge >= 0.3 is 0 Å². The first-order valence-corrected chi connectivity index (χ1v) is 9.13. The van der Waals surface area contributed by atoms with Gasteiger partial charge in [0.05, 0.1) is 5.69 Å². The molecule has 2 unspecified atom stereocenters. The highest BCUT2D eigenvalue weighted by Crippen LogP contribution is 2.25. The van der Waals surface area contributed by atoms with E-state index in [9.17, 15) is 8.42 Å². The number of rotatable bonds is 6. The summed E-state index contributed by atoms with van der Waals surface area (Å²) in [5, 5.41) is 3.34. The lowest BCUT2D eigenvalue weighted by molar-refractivity contribution is 0.403. The van der Waals surface area contributed by atoms with Crippen LogP contribution in [-0.2, 0) is 10.0 Å². The zero-order chi connectivity index (χ0) is 15.3. The van der Waals surface area contributed by atoms with E-state index in [-0.39, 0.29) is 12.1 Å². The van der Waals surface area contributed by atoms with E-state index >= 15 is 0 Å². The van der Waals surface area contributed by atoms with Gasteiger partial charge in [-0.2, -0.15) is 0 Å². The van der Waals surface area contributed by atoms with Gasteiger partial charge in [-0.05, 0) is 31.4 Å². The van der Waals surface area contributed by atoms with Crippen LogP contribution in [0.2, 0.25) is 0 Å². The van der Waals surface area contributed by atoms with Crippen LogP contribution in [0.4, 0.5) is 5.69 Å². The number of nitrogens with two attached hydrogens (primary N) is 1. The van der Waals surface area contributed by atoms with E-state index in [2.05, 4.69) is 10.0 Å². The Morgan fingerprint density at radius 2 is 1.95 bits per heavy atom. The molecule has 1 aliphatic carbocycles. The Morgan fingerprint density at radius 1 is 1.24 bits per heavy atom. The van der Waals surface area contributed by atoms with E-state index in [4.69, 9.17) is 5.73 Å². The summed E-state index contributed by atoms with van der Waals surface area (Å²) in [4.78, 5) is 0.302. The molecule has 0 saturated heterocycles. The molecule has 5 nitrogen and oxygen atoms in total. The average molecular weight is 311 g/mol. The Balaban J connectivity index is 2.20. The van der Waals surface area contributed by atoms with Crippen LogP contribution in [0, 0.1) is 0 Å². The number of para-hydroxylation sites is 1. The van der Waals surface area contributed by atoms with Gasteiger partial charge in [0.2, 0.25) is 10.0 Å². The van der Waals surface area contributed by atoms with Crippen LogP contribution in [0.15, 0.2) is 29.2 Å². The smallest absolute Gasteiger partial charge is 0.242 e. The summed E-state index contributed by atoms with van der Waals surface area (Å²) in [5.41, 5.74) is 6.78. The number of anilines is 1. The van der Waals surface area contributed by atoms with Crippen molar-refractivity contribution in [2.75, 3.05) is 11.9 Å². The molecule has 118 valence electrons. The second kappa shape index (κ2) is 7.24. The van der Waals surface area contributed by atoms with Crippen LogP contribution in [0.1, 0.15) is 39.0 Å². The van der Waals surface area contributed by atoms with Gasteiger partial charge in [0, 0.05) is 18.6 Å². The molecule has 2 rings (SSSR count). The van der Waals surface area contributed by atoms with Crippen molar-refractivity contribution in [3.63, 3.8) is 0 Å². The maximum Gasteiger partial charge on any atom is 0.242 e. The first kappa shape index (κ1) is 16.3. The van der Waals surface area contributed by atoms with Crippen molar-refractivity contribution in [1.82, 2.24) is 4.72 Å². The monoisotopic (exact) mass is 311 g/mol. The van der Waals surface area contributed by atoms with E-state index in [1.807, 2.05) is 19.1 Å². The topological polar surface area (TPSA) is 84.2 Å². The molecule has 0 aliphatic heterocycles. The van der Waals surface area contributed by atoms with Gasteiger partial charge in [-0.15, -0.1) is 0 Å². The fourth-order valence-electron chi connectivity index (χ4n) is 2.67. The average Bonchev–Trinajstić information content (AvgIpc) is 2.48. The minimum atomic E-state index is -3.47. The summed E-state index contributed by atoms with van der Waals surface area (Å²) in [6.45, 7) is 2.38. The molecule has 0 spiro atoms. The third kappa shape index (κ3) is 4.18. The van der Waals surface area contributed by atoms with Crippen molar-refractivity contribution in [3.8, 4) is 0 Å². The number of nitrogens with one attached hydrogen (secondary N) is 2. The largest absolute Gasteiger partial charge is 0.380 e. The highest BCUT2D eigenvalue weighted by molar-refractivity contribution is 7.89. The SMILES string of the molecule is CCCNS(=O)(=O)c1ccccc1NC1CCCCC1N. The molecule has 21 heavy (non-hydrogen) atoms. The Hall–Kier alpha value is -1.11. The number of sulfonamides is 1. The lowest BCUT2D eigenvalue weighted by Crippen LogP contribution is -2.43. The van der Waals surface area contributed by atoms with Gasteiger partial charge in [-0.25, -0.2) is 13.1 Å². The summed E-state index contributed by atoms with van der Waals surface area (Å²) in [6.07, 6.45) is 5.02. The Bertz CT molecular complexity index is 560. The van der Waals surface area contributed by atoms with Gasteiger partial charge in [0.1, 0.15) is 4.90 Å². The van der Waals surface area contributed by atoms with Crippen molar-refractivity contribution in [2.45, 2.75) is 56.0 Å². The Kier molecular flexibility index (Phi) is 5.61. The third-order valence-corrected chi connectivity index (χ3v) is 5.40. The zero-order valence-electron chi connectivity index (χ0n) is 12.5. The van der Waals surface area contributed by atoms with Gasteiger partial charge in [-0.3, -0.25) is 0 Å². The fraction of sp³-hybridized carbons (Fsp3) is 0.600. The fourth-order valence-corrected chi connectivity index (χ4v) is 3.98. The first-order valence-electron chi connectivity index (χ1n) is 7.65. The van der Waals surface area contributed by atoms with Gasteiger partial charge < -0.3 is 11.1 Å². The summed E-state index contributed by atoms with van der Waals surface area (Å²) in [5.74, 6) is 0. The highest BCUT2D eigenvalue weighted by atomic mass is 32.2. The molecular formula is C15H25N3O2S. The summed E-state index contributed by atoms with van der Waals surface area (Å²) < 4.78 is 27.3. The Morgan fingerprint density at radius 3 is 2.67 bits per heavy atom. The minimum absolute atomic E-state index is 0.0816. The maximum absolute atomic E-state index is 12.4. The molecule has 4 N–H and O–H groups in total. The first-order chi connectivity index (χ1) is 10.0. The molecule has 0 heterocycles. The second-order valence-corrected chi connectivity index (χ2v) is 7.33. The van der Waals surface area contributed by atoms with Gasteiger partial charge in [0.15, 0.2) is 0 Å². The van der Waals surface area contributed by atoms with Crippen molar-refractivity contribution in [1.29, 1.82) is 0 Å². The molecule has 0 aromatic heterocycles. The lowest BCUT2D eigenvalue weighted by atomic mass is 9.91. The van der Waals surface area contributed by atoms with Crippen molar-refractivity contribution >= 4 is 15.7 Å². The van der Waals surface area contributed by atoms with E-state index < -0.39 is 10.0 Å². The zero-order valence-corrected chi connectivity index (χ0v) is 13.3. The predicted octanol–water partition coefficient (Wildman–Crippen LogP) is 2.06. The molecule has 1 fully saturated rings. The molecule has 6 heteroatoms. The summed E-state index contributed by atoms with van der Waals surface area (Å²) in [6, 6.07) is 7.25. The van der Waals surface area contributed by atoms with Crippen LogP contribution in [0.3, 0.4) is 0 Å². The maximum atomic E-state index is 12.4. The molecule has 2 atom stereocenters. The minimum Gasteiger partial charge on any atom is -0.380 e. The molecule has 1 aromatic carbocycles. The highest BCUT2D eigenvalue weighted by Gasteiger charge is 2.24. The molecule has 0 bridgehead atoms. The number of hydrogen-bond donors (Lipinski definition) is 3. The normalized spacial score (nSPS) is 23.0. The van der Waals surface area contributed by atoms with Crippen LogP contribution in [-0.4, -0.2) is 27.0 Å². The van der Waals surface area contributed by atoms with E-state index in [1.165, 1.54) is 0 Å². The van der Waals surface area contributed by atoms with Crippen LogP contribution in [0.25, 0.3) is 0 Å².